The van der Waals surface area contributed by atoms with Crippen LogP contribution in [-0.4, -0.2) is 48.8 Å². The molecule has 1 aliphatic rings. The molecule has 0 aliphatic carbocycles. The van der Waals surface area contributed by atoms with Crippen molar-refractivity contribution in [2.24, 2.45) is 5.92 Å². The summed E-state index contributed by atoms with van der Waals surface area (Å²) >= 11 is 0. The summed E-state index contributed by atoms with van der Waals surface area (Å²) in [6.45, 7) is 4.84. The van der Waals surface area contributed by atoms with Crippen LogP contribution in [0.25, 0.3) is 0 Å². The maximum Gasteiger partial charge on any atom is 0.0587 e. The molecule has 0 amide bonds. The predicted molar refractivity (Wildman–Crippen MR) is 83.8 cm³/mol. The number of hydrogen-bond acceptors (Lipinski definition) is 3. The van der Waals surface area contributed by atoms with E-state index in [1.807, 2.05) is 6.07 Å². The molecule has 1 aromatic rings. The Morgan fingerprint density at radius 2 is 2.10 bits per heavy atom. The lowest BCUT2D eigenvalue weighted by Gasteiger charge is -2.35. The molecule has 1 aromatic carbocycles. The zero-order chi connectivity index (χ0) is 14.4. The first-order chi connectivity index (χ1) is 9.69. The summed E-state index contributed by atoms with van der Waals surface area (Å²) in [4.78, 5) is 2.41. The van der Waals surface area contributed by atoms with E-state index in [-0.39, 0.29) is 12.6 Å². The van der Waals surface area contributed by atoms with Crippen molar-refractivity contribution >= 4 is 0 Å². The van der Waals surface area contributed by atoms with Crippen LogP contribution in [0.3, 0.4) is 0 Å². The quantitative estimate of drug-likeness (QED) is 0.833. The van der Waals surface area contributed by atoms with E-state index in [0.717, 1.165) is 13.0 Å². The van der Waals surface area contributed by atoms with Gasteiger partial charge < -0.3 is 15.3 Å². The minimum Gasteiger partial charge on any atom is -0.395 e. The van der Waals surface area contributed by atoms with E-state index in [4.69, 9.17) is 0 Å². The third-order valence-electron chi connectivity index (χ3n) is 4.41. The van der Waals surface area contributed by atoms with Crippen LogP contribution < -0.4 is 5.32 Å². The van der Waals surface area contributed by atoms with Gasteiger partial charge >= 0.3 is 0 Å². The van der Waals surface area contributed by atoms with E-state index >= 15 is 0 Å². The van der Waals surface area contributed by atoms with E-state index < -0.39 is 0 Å². The van der Waals surface area contributed by atoms with Crippen LogP contribution in [0.1, 0.15) is 25.3 Å². The number of aliphatic hydroxyl groups is 1. The minimum atomic E-state index is 0.152. The number of nitrogens with zero attached hydrogens (tertiary/aromatic N) is 1. The molecule has 0 aromatic heterocycles. The first kappa shape index (κ1) is 15.5. The van der Waals surface area contributed by atoms with Crippen molar-refractivity contribution in [2.75, 3.05) is 26.7 Å². The molecule has 1 aliphatic heterocycles. The molecule has 2 N–H and O–H groups in total. The number of piperidine rings is 1. The van der Waals surface area contributed by atoms with Crippen LogP contribution in [-0.2, 0) is 6.42 Å². The predicted octanol–water partition coefficient (Wildman–Crippen LogP) is 1.91. The van der Waals surface area contributed by atoms with E-state index in [9.17, 15) is 5.11 Å². The Bertz CT molecular complexity index is 382. The topological polar surface area (TPSA) is 35.5 Å². The third-order valence-corrected chi connectivity index (χ3v) is 4.41. The molecule has 3 nitrogen and oxygen atoms in total. The Hall–Kier alpha value is -0.900. The summed E-state index contributed by atoms with van der Waals surface area (Å²) < 4.78 is 0. The fourth-order valence-electron chi connectivity index (χ4n) is 3.20. The molecule has 1 saturated heterocycles. The van der Waals surface area contributed by atoms with Crippen molar-refractivity contribution in [3.05, 3.63) is 35.9 Å². The van der Waals surface area contributed by atoms with Crippen molar-refractivity contribution < 1.29 is 5.11 Å². The van der Waals surface area contributed by atoms with Crippen molar-refractivity contribution in [3.8, 4) is 0 Å². The summed E-state index contributed by atoms with van der Waals surface area (Å²) in [5, 5.41) is 13.2. The molecule has 1 fully saturated rings. The molecule has 0 radical (unpaired) electrons. The highest BCUT2D eigenvalue weighted by Gasteiger charge is 2.24. The lowest BCUT2D eigenvalue weighted by Crippen LogP contribution is -2.48. The molecule has 20 heavy (non-hydrogen) atoms. The molecular formula is C17H28N2O. The van der Waals surface area contributed by atoms with Crippen LogP contribution in [0.4, 0.5) is 0 Å². The van der Waals surface area contributed by atoms with Gasteiger partial charge in [-0.25, -0.2) is 0 Å². The average molecular weight is 276 g/mol. The molecule has 0 spiro atoms. The normalized spacial score (nSPS) is 23.4. The summed E-state index contributed by atoms with van der Waals surface area (Å²) in [5.41, 5.74) is 1.28. The van der Waals surface area contributed by atoms with E-state index in [1.165, 1.54) is 24.9 Å². The van der Waals surface area contributed by atoms with Crippen molar-refractivity contribution in [3.63, 3.8) is 0 Å². The standard InChI is InChI=1S/C17H28N2O/c1-14(16-9-6-10-19(2)12-16)18-17(13-20)11-15-7-4-3-5-8-15/h3-5,7-8,14,16-18,20H,6,9-13H2,1-2H3. The fraction of sp³-hybridized carbons (Fsp3) is 0.647. The van der Waals surface area contributed by atoms with Gasteiger partial charge in [0.05, 0.1) is 6.61 Å². The van der Waals surface area contributed by atoms with E-state index in [1.54, 1.807) is 0 Å². The van der Waals surface area contributed by atoms with Gasteiger partial charge in [0.1, 0.15) is 0 Å². The molecule has 0 saturated carbocycles. The Kier molecular flexibility index (Phi) is 6.02. The smallest absolute Gasteiger partial charge is 0.0587 e. The van der Waals surface area contributed by atoms with Gasteiger partial charge in [0.2, 0.25) is 0 Å². The summed E-state index contributed by atoms with van der Waals surface area (Å²) in [6, 6.07) is 11.0. The number of rotatable bonds is 6. The Labute approximate surface area is 123 Å². The fourth-order valence-corrected chi connectivity index (χ4v) is 3.20. The molecule has 3 atom stereocenters. The maximum atomic E-state index is 9.61. The molecule has 2 rings (SSSR count). The van der Waals surface area contributed by atoms with Crippen molar-refractivity contribution in [1.29, 1.82) is 0 Å². The maximum absolute atomic E-state index is 9.61. The number of aliphatic hydroxyl groups excluding tert-OH is 1. The Balaban J connectivity index is 1.85. The molecule has 1 heterocycles. The lowest BCUT2D eigenvalue weighted by atomic mass is 9.91. The van der Waals surface area contributed by atoms with Gasteiger partial charge in [-0.1, -0.05) is 30.3 Å². The number of benzene rings is 1. The van der Waals surface area contributed by atoms with Gasteiger partial charge in [-0.3, -0.25) is 0 Å². The summed E-state index contributed by atoms with van der Waals surface area (Å²) in [5.74, 6) is 0.693. The molecule has 3 unspecified atom stereocenters. The molecule has 3 heteroatoms. The van der Waals surface area contributed by atoms with Crippen LogP contribution in [0.5, 0.6) is 0 Å². The second kappa shape index (κ2) is 7.77. The number of likely N-dealkylation sites (tertiary alicyclic amines) is 1. The van der Waals surface area contributed by atoms with Crippen LogP contribution in [0, 0.1) is 5.92 Å². The zero-order valence-corrected chi connectivity index (χ0v) is 12.8. The van der Waals surface area contributed by atoms with E-state index in [2.05, 4.69) is 48.5 Å². The second-order valence-electron chi connectivity index (χ2n) is 6.19. The Morgan fingerprint density at radius 3 is 2.75 bits per heavy atom. The van der Waals surface area contributed by atoms with Gasteiger partial charge in [-0.05, 0) is 51.3 Å². The SMILES string of the molecule is CC(NC(CO)Cc1ccccc1)C1CCCN(C)C1. The second-order valence-corrected chi connectivity index (χ2v) is 6.19. The van der Waals surface area contributed by atoms with Gasteiger partial charge in [0.15, 0.2) is 0 Å². The lowest BCUT2D eigenvalue weighted by molar-refractivity contribution is 0.158. The highest BCUT2D eigenvalue weighted by Crippen LogP contribution is 2.19. The van der Waals surface area contributed by atoms with Crippen molar-refractivity contribution in [1.82, 2.24) is 10.2 Å². The van der Waals surface area contributed by atoms with E-state index in [0.29, 0.717) is 12.0 Å². The number of nitrogens with one attached hydrogen (secondary N) is 1. The highest BCUT2D eigenvalue weighted by atomic mass is 16.3. The first-order valence-corrected chi connectivity index (χ1v) is 7.78. The highest BCUT2D eigenvalue weighted by molar-refractivity contribution is 5.16. The van der Waals surface area contributed by atoms with Crippen LogP contribution in [0.2, 0.25) is 0 Å². The van der Waals surface area contributed by atoms with Crippen molar-refractivity contribution in [2.45, 2.75) is 38.3 Å². The van der Waals surface area contributed by atoms with Crippen LogP contribution in [0.15, 0.2) is 30.3 Å². The third kappa shape index (κ3) is 4.58. The minimum absolute atomic E-state index is 0.152. The van der Waals surface area contributed by atoms with Gasteiger partial charge in [0.25, 0.3) is 0 Å². The first-order valence-electron chi connectivity index (χ1n) is 7.78. The molecular weight excluding hydrogens is 248 g/mol. The number of hydrogen-bond donors (Lipinski definition) is 2. The Morgan fingerprint density at radius 1 is 1.35 bits per heavy atom. The van der Waals surface area contributed by atoms with Gasteiger partial charge in [-0.2, -0.15) is 0 Å². The largest absolute Gasteiger partial charge is 0.395 e. The molecule has 112 valence electrons. The zero-order valence-electron chi connectivity index (χ0n) is 12.8. The summed E-state index contributed by atoms with van der Waals surface area (Å²) in [6.07, 6.45) is 3.47. The van der Waals surface area contributed by atoms with Gasteiger partial charge in [-0.15, -0.1) is 0 Å². The van der Waals surface area contributed by atoms with Crippen LogP contribution >= 0.6 is 0 Å². The monoisotopic (exact) mass is 276 g/mol. The van der Waals surface area contributed by atoms with Gasteiger partial charge in [0, 0.05) is 18.6 Å². The average Bonchev–Trinajstić information content (AvgIpc) is 2.47. The summed E-state index contributed by atoms with van der Waals surface area (Å²) in [7, 11) is 2.20. The molecule has 0 bridgehead atoms.